The van der Waals surface area contributed by atoms with E-state index in [4.69, 9.17) is 0 Å². The van der Waals surface area contributed by atoms with Gasteiger partial charge in [0.25, 0.3) is 0 Å². The third kappa shape index (κ3) is 3.91. The molecule has 0 saturated carbocycles. The fourth-order valence-corrected chi connectivity index (χ4v) is 2.97. The highest BCUT2D eigenvalue weighted by Crippen LogP contribution is 2.24. The Morgan fingerprint density at radius 3 is 2.65 bits per heavy atom. The minimum absolute atomic E-state index is 0.0291. The quantitative estimate of drug-likeness (QED) is 0.642. The van der Waals surface area contributed by atoms with Crippen molar-refractivity contribution in [3.8, 4) is 0 Å². The first kappa shape index (κ1) is 17.5. The van der Waals surface area contributed by atoms with Gasteiger partial charge in [0.05, 0.1) is 6.04 Å². The Bertz CT molecular complexity index is 586. The van der Waals surface area contributed by atoms with Crippen molar-refractivity contribution < 1.29 is 14.7 Å². The van der Waals surface area contributed by atoms with Crippen LogP contribution in [0.3, 0.4) is 0 Å². The Hall–Kier alpha value is -1.88. The third-order valence-corrected chi connectivity index (χ3v) is 4.68. The monoisotopic (exact) mass is 318 g/mol. The van der Waals surface area contributed by atoms with Gasteiger partial charge in [-0.25, -0.2) is 0 Å². The summed E-state index contributed by atoms with van der Waals surface area (Å²) < 4.78 is 0. The van der Waals surface area contributed by atoms with Gasteiger partial charge in [-0.1, -0.05) is 27.2 Å². The van der Waals surface area contributed by atoms with Crippen molar-refractivity contribution in [2.24, 2.45) is 5.92 Å². The van der Waals surface area contributed by atoms with E-state index in [1.54, 1.807) is 0 Å². The topological polar surface area (TPSA) is 78.4 Å². The lowest BCUT2D eigenvalue weighted by Gasteiger charge is -2.25. The Morgan fingerprint density at radius 2 is 2.04 bits per heavy atom. The second kappa shape index (κ2) is 7.59. The number of fused-ring (bicyclic) bond motifs is 1. The molecule has 0 amide bonds. The molecule has 3 unspecified atom stereocenters. The Balaban J connectivity index is 2.16. The van der Waals surface area contributed by atoms with Crippen LogP contribution in [0.4, 0.5) is 5.69 Å². The van der Waals surface area contributed by atoms with E-state index in [0.717, 1.165) is 30.6 Å². The number of rotatable bonds is 8. The van der Waals surface area contributed by atoms with Crippen LogP contribution >= 0.6 is 0 Å². The van der Waals surface area contributed by atoms with Crippen LogP contribution in [-0.2, 0) is 11.2 Å². The number of carbonyl (C=O) groups excluding carboxylic acids is 1. The smallest absolute Gasteiger partial charge is 0.320 e. The molecule has 0 bridgehead atoms. The van der Waals surface area contributed by atoms with Crippen molar-refractivity contribution in [1.82, 2.24) is 5.32 Å². The minimum Gasteiger partial charge on any atom is -0.480 e. The lowest BCUT2D eigenvalue weighted by Crippen LogP contribution is -2.49. The molecule has 0 fully saturated rings. The summed E-state index contributed by atoms with van der Waals surface area (Å²) in [5.74, 6) is -0.959. The van der Waals surface area contributed by atoms with Crippen LogP contribution in [-0.4, -0.2) is 35.5 Å². The molecular formula is C18H26N2O3. The number of hydrogen-bond acceptors (Lipinski definition) is 4. The molecule has 1 aromatic carbocycles. The fourth-order valence-electron chi connectivity index (χ4n) is 2.97. The number of carboxylic acids is 1. The highest BCUT2D eigenvalue weighted by molar-refractivity contribution is 6.01. The van der Waals surface area contributed by atoms with Gasteiger partial charge in [-0.3, -0.25) is 14.9 Å². The number of benzene rings is 1. The van der Waals surface area contributed by atoms with E-state index in [2.05, 4.69) is 10.6 Å². The lowest BCUT2D eigenvalue weighted by molar-refractivity contribution is -0.141. The van der Waals surface area contributed by atoms with E-state index in [1.807, 2.05) is 39.0 Å². The molecule has 0 aromatic heterocycles. The maximum atomic E-state index is 12.8. The van der Waals surface area contributed by atoms with Crippen molar-refractivity contribution in [2.45, 2.75) is 52.1 Å². The highest BCUT2D eigenvalue weighted by Gasteiger charge is 2.29. The maximum Gasteiger partial charge on any atom is 0.320 e. The molecule has 1 aliphatic heterocycles. The van der Waals surface area contributed by atoms with Crippen LogP contribution < -0.4 is 10.6 Å². The average Bonchev–Trinajstić information content (AvgIpc) is 3.01. The summed E-state index contributed by atoms with van der Waals surface area (Å²) in [6.45, 7) is 6.65. The van der Waals surface area contributed by atoms with Crippen LogP contribution in [0.5, 0.6) is 0 Å². The normalized spacial score (nSPS) is 17.0. The SMILES string of the molecule is CCC(NC(C(=O)O)C(C)CC)C(=O)c1ccc2c(c1)CCN2. The average molecular weight is 318 g/mol. The first-order valence-corrected chi connectivity index (χ1v) is 8.37. The van der Waals surface area contributed by atoms with Crippen molar-refractivity contribution in [2.75, 3.05) is 11.9 Å². The number of carboxylic acid groups (broad SMARTS) is 1. The molecular weight excluding hydrogens is 292 g/mol. The molecule has 0 saturated heterocycles. The number of nitrogens with one attached hydrogen (secondary N) is 2. The van der Waals surface area contributed by atoms with E-state index in [9.17, 15) is 14.7 Å². The van der Waals surface area contributed by atoms with Gasteiger partial charge >= 0.3 is 5.97 Å². The lowest BCUT2D eigenvalue weighted by atomic mass is 9.94. The molecule has 126 valence electrons. The van der Waals surface area contributed by atoms with E-state index in [0.29, 0.717) is 12.0 Å². The molecule has 0 radical (unpaired) electrons. The number of Topliss-reactive ketones (excluding diaryl/α,β-unsaturated/α-hetero) is 1. The largest absolute Gasteiger partial charge is 0.480 e. The van der Waals surface area contributed by atoms with Gasteiger partial charge in [0.15, 0.2) is 5.78 Å². The van der Waals surface area contributed by atoms with Gasteiger partial charge in [0.1, 0.15) is 6.04 Å². The molecule has 2 rings (SSSR count). The molecule has 1 heterocycles. The van der Waals surface area contributed by atoms with Gasteiger partial charge < -0.3 is 10.4 Å². The standard InChI is InChI=1S/C18H26N2O3/c1-4-11(3)16(18(22)23)20-14(5-2)17(21)13-6-7-15-12(10-13)8-9-19-15/h6-7,10-11,14,16,19-20H,4-5,8-9H2,1-3H3,(H,22,23). The first-order chi connectivity index (χ1) is 11.0. The van der Waals surface area contributed by atoms with Gasteiger partial charge in [-0.15, -0.1) is 0 Å². The van der Waals surface area contributed by atoms with Crippen LogP contribution in [0.1, 0.15) is 49.5 Å². The fraction of sp³-hybridized carbons (Fsp3) is 0.556. The van der Waals surface area contributed by atoms with E-state index in [1.165, 1.54) is 0 Å². The first-order valence-electron chi connectivity index (χ1n) is 8.37. The third-order valence-electron chi connectivity index (χ3n) is 4.68. The molecule has 5 heteroatoms. The summed E-state index contributed by atoms with van der Waals surface area (Å²) in [4.78, 5) is 24.3. The zero-order chi connectivity index (χ0) is 17.0. The minimum atomic E-state index is -0.899. The number of hydrogen-bond donors (Lipinski definition) is 3. The van der Waals surface area contributed by atoms with Gasteiger partial charge in [0.2, 0.25) is 0 Å². The number of aliphatic carboxylic acids is 1. The molecule has 5 nitrogen and oxygen atoms in total. The summed E-state index contributed by atoms with van der Waals surface area (Å²) in [5, 5.41) is 15.7. The number of ketones is 1. The van der Waals surface area contributed by atoms with Crippen LogP contribution in [0, 0.1) is 5.92 Å². The molecule has 23 heavy (non-hydrogen) atoms. The van der Waals surface area contributed by atoms with E-state index in [-0.39, 0.29) is 11.7 Å². The van der Waals surface area contributed by atoms with Gasteiger partial charge in [-0.2, -0.15) is 0 Å². The summed E-state index contributed by atoms with van der Waals surface area (Å²) >= 11 is 0. The van der Waals surface area contributed by atoms with Crippen molar-refractivity contribution >= 4 is 17.4 Å². The van der Waals surface area contributed by atoms with E-state index < -0.39 is 18.1 Å². The van der Waals surface area contributed by atoms with Crippen molar-refractivity contribution in [1.29, 1.82) is 0 Å². The molecule has 3 atom stereocenters. The maximum absolute atomic E-state index is 12.8. The molecule has 1 aliphatic rings. The van der Waals surface area contributed by atoms with Crippen molar-refractivity contribution in [3.63, 3.8) is 0 Å². The molecule has 0 spiro atoms. The Morgan fingerprint density at radius 1 is 1.30 bits per heavy atom. The summed E-state index contributed by atoms with van der Waals surface area (Å²) in [6.07, 6.45) is 2.23. The molecule has 3 N–H and O–H groups in total. The second-order valence-electron chi connectivity index (χ2n) is 6.24. The highest BCUT2D eigenvalue weighted by atomic mass is 16.4. The Labute approximate surface area is 137 Å². The predicted octanol–water partition coefficient (Wildman–Crippen LogP) is 2.70. The number of anilines is 1. The zero-order valence-corrected chi connectivity index (χ0v) is 14.1. The second-order valence-corrected chi connectivity index (χ2v) is 6.24. The summed E-state index contributed by atoms with van der Waals surface area (Å²) in [7, 11) is 0. The van der Waals surface area contributed by atoms with E-state index >= 15 is 0 Å². The summed E-state index contributed by atoms with van der Waals surface area (Å²) in [6, 6.07) is 4.51. The number of carbonyl (C=O) groups is 2. The molecule has 1 aromatic rings. The van der Waals surface area contributed by atoms with Crippen LogP contribution in [0.15, 0.2) is 18.2 Å². The van der Waals surface area contributed by atoms with Gasteiger partial charge in [-0.05, 0) is 42.5 Å². The molecule has 0 aliphatic carbocycles. The van der Waals surface area contributed by atoms with Crippen LogP contribution in [0.25, 0.3) is 0 Å². The summed E-state index contributed by atoms with van der Waals surface area (Å²) in [5.41, 5.74) is 2.90. The Kier molecular flexibility index (Phi) is 5.77. The van der Waals surface area contributed by atoms with Crippen LogP contribution in [0.2, 0.25) is 0 Å². The predicted molar refractivity (Wildman–Crippen MR) is 91.1 cm³/mol. The zero-order valence-electron chi connectivity index (χ0n) is 14.1. The van der Waals surface area contributed by atoms with Crippen molar-refractivity contribution in [3.05, 3.63) is 29.3 Å². The van der Waals surface area contributed by atoms with Gasteiger partial charge in [0, 0.05) is 17.8 Å².